The van der Waals surface area contributed by atoms with E-state index >= 15 is 0 Å². The molecule has 0 aromatic rings. The van der Waals surface area contributed by atoms with Crippen LogP contribution in [0.4, 0.5) is 0 Å². The lowest BCUT2D eigenvalue weighted by Gasteiger charge is -2.34. The van der Waals surface area contributed by atoms with Crippen molar-refractivity contribution in [1.82, 2.24) is 0 Å². The van der Waals surface area contributed by atoms with Gasteiger partial charge in [-0.15, -0.1) is 0 Å². The monoisotopic (exact) mass is 226 g/mol. The van der Waals surface area contributed by atoms with Crippen LogP contribution in [0.5, 0.6) is 0 Å². The first-order valence-electron chi connectivity index (χ1n) is 7.38. The second-order valence-electron chi connectivity index (χ2n) is 5.47. The average molecular weight is 226 g/mol. The molecule has 0 N–H and O–H groups in total. The Kier molecular flexibility index (Phi) is 7.11. The Morgan fingerprint density at radius 2 is 1.50 bits per heavy atom. The van der Waals surface area contributed by atoms with Crippen LogP contribution in [0.3, 0.4) is 0 Å². The van der Waals surface area contributed by atoms with E-state index in [0.717, 1.165) is 0 Å². The fraction of sp³-hybridized carbons (Fsp3) is 1.00. The lowest BCUT2D eigenvalue weighted by atomic mass is 9.83. The smallest absolute Gasteiger partial charge is 0.0678 e. The van der Waals surface area contributed by atoms with E-state index in [0.29, 0.717) is 0 Å². The van der Waals surface area contributed by atoms with Gasteiger partial charge >= 0.3 is 0 Å². The van der Waals surface area contributed by atoms with Gasteiger partial charge in [0.2, 0.25) is 0 Å². The maximum absolute atomic E-state index is 5.89. The molecule has 1 rings (SSSR count). The minimum Gasteiger partial charge on any atom is -0.378 e. The first-order valence-corrected chi connectivity index (χ1v) is 7.38. The molecule has 1 aliphatic carbocycles. The van der Waals surface area contributed by atoms with Gasteiger partial charge in [0.1, 0.15) is 0 Å². The third kappa shape index (κ3) is 4.86. The van der Waals surface area contributed by atoms with Gasteiger partial charge in [0.25, 0.3) is 0 Å². The van der Waals surface area contributed by atoms with Crippen LogP contribution in [0, 0.1) is 0 Å². The molecule has 16 heavy (non-hydrogen) atoms. The molecule has 0 aromatic carbocycles. The number of unbranched alkanes of at least 4 members (excludes halogenated alkanes) is 3. The van der Waals surface area contributed by atoms with Crippen LogP contribution in [0.1, 0.15) is 84.0 Å². The van der Waals surface area contributed by atoms with Crippen LogP contribution in [-0.4, -0.2) is 12.7 Å². The Balaban J connectivity index is 2.33. The molecule has 0 unspecified atom stereocenters. The summed E-state index contributed by atoms with van der Waals surface area (Å²) in [6, 6.07) is 0. The molecule has 0 amide bonds. The largest absolute Gasteiger partial charge is 0.378 e. The van der Waals surface area contributed by atoms with Crippen molar-refractivity contribution in [1.29, 1.82) is 0 Å². The highest BCUT2D eigenvalue weighted by molar-refractivity contribution is 4.81. The number of methoxy groups -OCH3 is 1. The number of rotatable bonds is 6. The lowest BCUT2D eigenvalue weighted by Crippen LogP contribution is -2.32. The molecule has 0 heterocycles. The molecule has 0 aromatic heterocycles. The molecule has 0 atom stereocenters. The van der Waals surface area contributed by atoms with Gasteiger partial charge in [-0.3, -0.25) is 0 Å². The maximum Gasteiger partial charge on any atom is 0.0678 e. The Bertz CT molecular complexity index is 157. The fourth-order valence-corrected chi connectivity index (χ4v) is 2.98. The molecule has 0 radical (unpaired) electrons. The van der Waals surface area contributed by atoms with E-state index in [9.17, 15) is 0 Å². The summed E-state index contributed by atoms with van der Waals surface area (Å²) in [4.78, 5) is 0. The predicted octanol–water partition coefficient (Wildman–Crippen LogP) is 5.09. The van der Waals surface area contributed by atoms with E-state index in [1.807, 2.05) is 7.11 Å². The normalized spacial score (nSPS) is 21.4. The molecule has 1 heteroatoms. The zero-order chi connectivity index (χ0) is 11.7. The van der Waals surface area contributed by atoms with Gasteiger partial charge in [-0.1, -0.05) is 64.7 Å². The summed E-state index contributed by atoms with van der Waals surface area (Å²) in [5.41, 5.74) is 0.244. The molecular weight excluding hydrogens is 196 g/mol. The first kappa shape index (κ1) is 14.0. The molecule has 1 nitrogen and oxygen atoms in total. The van der Waals surface area contributed by atoms with Gasteiger partial charge in [-0.2, -0.15) is 0 Å². The van der Waals surface area contributed by atoms with Crippen molar-refractivity contribution in [2.75, 3.05) is 7.11 Å². The van der Waals surface area contributed by atoms with Crippen molar-refractivity contribution in [3.8, 4) is 0 Å². The second-order valence-corrected chi connectivity index (χ2v) is 5.47. The van der Waals surface area contributed by atoms with E-state index in [-0.39, 0.29) is 5.60 Å². The van der Waals surface area contributed by atoms with Crippen molar-refractivity contribution in [3.63, 3.8) is 0 Å². The molecule has 0 spiro atoms. The molecule has 0 aliphatic heterocycles. The van der Waals surface area contributed by atoms with E-state index in [1.54, 1.807) is 0 Å². The lowest BCUT2D eigenvalue weighted by molar-refractivity contribution is -0.0391. The van der Waals surface area contributed by atoms with Crippen molar-refractivity contribution in [3.05, 3.63) is 0 Å². The molecular formula is C15H30O. The van der Waals surface area contributed by atoms with E-state index in [2.05, 4.69) is 6.92 Å². The summed E-state index contributed by atoms with van der Waals surface area (Å²) in [5, 5.41) is 0. The standard InChI is InChI=1S/C15H30O/c1-3-4-5-9-12-15(16-2)13-10-7-6-8-11-14-15/h3-14H2,1-2H3. The summed E-state index contributed by atoms with van der Waals surface area (Å²) in [6.45, 7) is 2.28. The number of ether oxygens (including phenoxy) is 1. The SMILES string of the molecule is CCCCCCC1(OC)CCCCCCC1. The first-order chi connectivity index (χ1) is 7.83. The summed E-state index contributed by atoms with van der Waals surface area (Å²) in [7, 11) is 1.93. The van der Waals surface area contributed by atoms with Gasteiger partial charge in [0, 0.05) is 7.11 Å². The minimum atomic E-state index is 0.244. The minimum absolute atomic E-state index is 0.244. The summed E-state index contributed by atoms with van der Waals surface area (Å²) in [6.07, 6.45) is 16.4. The van der Waals surface area contributed by atoms with Gasteiger partial charge in [0.15, 0.2) is 0 Å². The average Bonchev–Trinajstić information content (AvgIpc) is 2.27. The van der Waals surface area contributed by atoms with Crippen molar-refractivity contribution in [2.24, 2.45) is 0 Å². The quantitative estimate of drug-likeness (QED) is 0.573. The number of hydrogen-bond acceptors (Lipinski definition) is 1. The third-order valence-corrected chi connectivity index (χ3v) is 4.18. The molecule has 96 valence electrons. The van der Waals surface area contributed by atoms with Gasteiger partial charge in [0.05, 0.1) is 5.60 Å². The van der Waals surface area contributed by atoms with Gasteiger partial charge in [-0.05, 0) is 19.3 Å². The summed E-state index contributed by atoms with van der Waals surface area (Å²) < 4.78 is 5.89. The highest BCUT2D eigenvalue weighted by Crippen LogP contribution is 2.33. The zero-order valence-electron chi connectivity index (χ0n) is 11.4. The Hall–Kier alpha value is -0.0400. The van der Waals surface area contributed by atoms with Crippen molar-refractivity contribution >= 4 is 0 Å². The van der Waals surface area contributed by atoms with Gasteiger partial charge < -0.3 is 4.74 Å². The fourth-order valence-electron chi connectivity index (χ4n) is 2.98. The topological polar surface area (TPSA) is 9.23 Å². The maximum atomic E-state index is 5.89. The summed E-state index contributed by atoms with van der Waals surface area (Å²) >= 11 is 0. The van der Waals surface area contributed by atoms with Crippen LogP contribution >= 0.6 is 0 Å². The van der Waals surface area contributed by atoms with Crippen molar-refractivity contribution in [2.45, 2.75) is 89.6 Å². The molecule has 0 bridgehead atoms. The van der Waals surface area contributed by atoms with Crippen LogP contribution in [0.25, 0.3) is 0 Å². The molecule has 1 fully saturated rings. The van der Waals surface area contributed by atoms with E-state index in [4.69, 9.17) is 4.74 Å². The Morgan fingerprint density at radius 3 is 2.06 bits per heavy atom. The highest BCUT2D eigenvalue weighted by Gasteiger charge is 2.28. The molecule has 0 saturated heterocycles. The van der Waals surface area contributed by atoms with Crippen LogP contribution in [0.2, 0.25) is 0 Å². The van der Waals surface area contributed by atoms with Crippen LogP contribution in [0.15, 0.2) is 0 Å². The van der Waals surface area contributed by atoms with Crippen molar-refractivity contribution < 1.29 is 4.74 Å². The Morgan fingerprint density at radius 1 is 0.875 bits per heavy atom. The Labute approximate surface area is 102 Å². The molecule has 1 aliphatic rings. The van der Waals surface area contributed by atoms with E-state index in [1.165, 1.54) is 77.0 Å². The predicted molar refractivity (Wildman–Crippen MR) is 70.8 cm³/mol. The molecule has 1 saturated carbocycles. The third-order valence-electron chi connectivity index (χ3n) is 4.18. The van der Waals surface area contributed by atoms with Crippen LogP contribution in [-0.2, 0) is 4.74 Å². The number of hydrogen-bond donors (Lipinski definition) is 0. The van der Waals surface area contributed by atoms with E-state index < -0.39 is 0 Å². The van der Waals surface area contributed by atoms with Crippen LogP contribution < -0.4 is 0 Å². The van der Waals surface area contributed by atoms with Gasteiger partial charge in [-0.25, -0.2) is 0 Å². The zero-order valence-corrected chi connectivity index (χ0v) is 11.4. The second kappa shape index (κ2) is 8.11. The summed E-state index contributed by atoms with van der Waals surface area (Å²) in [5.74, 6) is 0. The highest BCUT2D eigenvalue weighted by atomic mass is 16.5.